The van der Waals surface area contributed by atoms with Gasteiger partial charge in [0.25, 0.3) is 0 Å². The van der Waals surface area contributed by atoms with Crippen LogP contribution in [0.3, 0.4) is 0 Å². The van der Waals surface area contributed by atoms with Crippen molar-refractivity contribution in [3.05, 3.63) is 0 Å². The van der Waals surface area contributed by atoms with E-state index >= 15 is 0 Å². The van der Waals surface area contributed by atoms with Crippen molar-refractivity contribution in [3.63, 3.8) is 0 Å². The topological polar surface area (TPSA) is 41.1 Å². The number of carbonyl (C=O) groups is 1. The Hall–Kier alpha value is -0.570. The lowest BCUT2D eigenvalue weighted by Crippen LogP contribution is -2.43. The third-order valence-corrected chi connectivity index (χ3v) is 4.04. The summed E-state index contributed by atoms with van der Waals surface area (Å²) in [6.07, 6.45) is 3.44. The predicted octanol–water partition coefficient (Wildman–Crippen LogP) is 1.93. The Labute approximate surface area is 99.4 Å². The fraction of sp³-hybridized carbons (Fsp3) is 0.923. The molecule has 3 heteroatoms. The number of amides is 1. The van der Waals surface area contributed by atoms with Gasteiger partial charge in [-0.2, -0.15) is 0 Å². The van der Waals surface area contributed by atoms with Gasteiger partial charge in [0.1, 0.15) is 0 Å². The molecular weight excluding hydrogens is 200 g/mol. The lowest BCUT2D eigenvalue weighted by molar-refractivity contribution is -0.121. The van der Waals surface area contributed by atoms with Gasteiger partial charge in [-0.3, -0.25) is 4.79 Å². The molecule has 1 aliphatic carbocycles. The van der Waals surface area contributed by atoms with Crippen molar-refractivity contribution in [2.24, 2.45) is 11.8 Å². The van der Waals surface area contributed by atoms with Gasteiger partial charge >= 0.3 is 0 Å². The maximum atomic E-state index is 11.7. The van der Waals surface area contributed by atoms with E-state index in [4.69, 9.17) is 0 Å². The molecular formula is C13H26N2O. The molecule has 1 aliphatic rings. The van der Waals surface area contributed by atoms with Crippen LogP contribution in [0.2, 0.25) is 0 Å². The molecule has 0 radical (unpaired) electrons. The molecule has 3 nitrogen and oxygen atoms in total. The summed E-state index contributed by atoms with van der Waals surface area (Å²) in [5, 5.41) is 6.36. The molecule has 2 N–H and O–H groups in total. The largest absolute Gasteiger partial charge is 0.352 e. The van der Waals surface area contributed by atoms with E-state index < -0.39 is 0 Å². The van der Waals surface area contributed by atoms with Gasteiger partial charge in [0, 0.05) is 12.1 Å². The highest BCUT2D eigenvalue weighted by Gasteiger charge is 2.30. The number of hydrogen-bond donors (Lipinski definition) is 2. The van der Waals surface area contributed by atoms with Crippen molar-refractivity contribution in [2.75, 3.05) is 6.54 Å². The molecule has 4 unspecified atom stereocenters. The first kappa shape index (κ1) is 13.5. The van der Waals surface area contributed by atoms with Crippen LogP contribution < -0.4 is 10.6 Å². The average molecular weight is 226 g/mol. The minimum absolute atomic E-state index is 0.145. The second-order valence-electron chi connectivity index (χ2n) is 5.28. The van der Waals surface area contributed by atoms with E-state index in [1.54, 1.807) is 0 Å². The molecule has 0 bridgehead atoms. The van der Waals surface area contributed by atoms with Gasteiger partial charge in [-0.05, 0) is 38.0 Å². The van der Waals surface area contributed by atoms with Crippen LogP contribution in [0.1, 0.15) is 47.0 Å². The van der Waals surface area contributed by atoms with E-state index in [2.05, 4.69) is 38.3 Å². The number of carbonyl (C=O) groups excluding carboxylic acids is 1. The summed E-state index contributed by atoms with van der Waals surface area (Å²) in [6, 6.07) is 0.812. The fourth-order valence-corrected chi connectivity index (χ4v) is 2.24. The third-order valence-electron chi connectivity index (χ3n) is 4.04. The second kappa shape index (κ2) is 6.24. The van der Waals surface area contributed by atoms with Gasteiger partial charge in [-0.1, -0.05) is 20.8 Å². The highest BCUT2D eigenvalue weighted by atomic mass is 16.2. The smallest absolute Gasteiger partial charge is 0.234 e. The molecule has 0 aromatic rings. The van der Waals surface area contributed by atoms with Crippen LogP contribution in [0.4, 0.5) is 0 Å². The molecule has 0 aromatic carbocycles. The Balaban J connectivity index is 2.24. The van der Waals surface area contributed by atoms with Gasteiger partial charge in [0.05, 0.1) is 6.54 Å². The molecule has 0 aromatic heterocycles. The molecule has 16 heavy (non-hydrogen) atoms. The zero-order chi connectivity index (χ0) is 12.1. The fourth-order valence-electron chi connectivity index (χ4n) is 2.24. The summed E-state index contributed by atoms with van der Waals surface area (Å²) >= 11 is 0. The van der Waals surface area contributed by atoms with Crippen LogP contribution in [0.15, 0.2) is 0 Å². The van der Waals surface area contributed by atoms with Crippen molar-refractivity contribution in [3.8, 4) is 0 Å². The molecule has 94 valence electrons. The lowest BCUT2D eigenvalue weighted by atomic mass is 9.98. The first-order valence-electron chi connectivity index (χ1n) is 6.57. The molecule has 4 atom stereocenters. The molecule has 0 spiro atoms. The summed E-state index contributed by atoms with van der Waals surface area (Å²) in [6.45, 7) is 9.19. The van der Waals surface area contributed by atoms with E-state index in [1.165, 1.54) is 6.42 Å². The summed E-state index contributed by atoms with van der Waals surface area (Å²) in [5.41, 5.74) is 0. The van der Waals surface area contributed by atoms with Gasteiger partial charge in [0.2, 0.25) is 5.91 Å². The molecule has 1 amide bonds. The predicted molar refractivity (Wildman–Crippen MR) is 67.2 cm³/mol. The number of nitrogens with one attached hydrogen (secondary N) is 2. The van der Waals surface area contributed by atoms with E-state index in [0.717, 1.165) is 18.8 Å². The summed E-state index contributed by atoms with van der Waals surface area (Å²) in [5.74, 6) is 1.51. The van der Waals surface area contributed by atoms with Gasteiger partial charge in [-0.15, -0.1) is 0 Å². The maximum absolute atomic E-state index is 11.7. The maximum Gasteiger partial charge on any atom is 0.234 e. The average Bonchev–Trinajstić information content (AvgIpc) is 2.57. The molecule has 0 aliphatic heterocycles. The van der Waals surface area contributed by atoms with E-state index in [9.17, 15) is 4.79 Å². The van der Waals surface area contributed by atoms with Crippen molar-refractivity contribution in [2.45, 2.75) is 59.0 Å². The lowest BCUT2D eigenvalue weighted by Gasteiger charge is -2.20. The summed E-state index contributed by atoms with van der Waals surface area (Å²) in [7, 11) is 0. The summed E-state index contributed by atoms with van der Waals surface area (Å²) in [4.78, 5) is 11.7. The van der Waals surface area contributed by atoms with E-state index in [0.29, 0.717) is 24.5 Å². The van der Waals surface area contributed by atoms with Crippen molar-refractivity contribution in [1.29, 1.82) is 0 Å². The SMILES string of the molecule is CCC(C)NCC(=O)NC1CCC(C)C1C. The minimum Gasteiger partial charge on any atom is -0.352 e. The Bertz CT molecular complexity index is 230. The highest BCUT2D eigenvalue weighted by Crippen LogP contribution is 2.30. The quantitative estimate of drug-likeness (QED) is 0.752. The Morgan fingerprint density at radius 1 is 1.38 bits per heavy atom. The zero-order valence-corrected chi connectivity index (χ0v) is 11.0. The normalized spacial score (nSPS) is 31.4. The standard InChI is InChI=1S/C13H26N2O/c1-5-10(3)14-8-13(16)15-12-7-6-9(2)11(12)4/h9-12,14H,5-8H2,1-4H3,(H,15,16). The second-order valence-corrected chi connectivity index (χ2v) is 5.28. The third kappa shape index (κ3) is 3.78. The van der Waals surface area contributed by atoms with Crippen LogP contribution in [-0.4, -0.2) is 24.5 Å². The first-order chi connectivity index (χ1) is 7.54. The van der Waals surface area contributed by atoms with Crippen molar-refractivity contribution >= 4 is 5.91 Å². The first-order valence-corrected chi connectivity index (χ1v) is 6.57. The van der Waals surface area contributed by atoms with Crippen LogP contribution in [0.5, 0.6) is 0 Å². The Kier molecular flexibility index (Phi) is 5.26. The molecule has 1 fully saturated rings. The Morgan fingerprint density at radius 3 is 2.56 bits per heavy atom. The highest BCUT2D eigenvalue weighted by molar-refractivity contribution is 5.78. The van der Waals surface area contributed by atoms with Crippen LogP contribution >= 0.6 is 0 Å². The van der Waals surface area contributed by atoms with Crippen LogP contribution in [-0.2, 0) is 4.79 Å². The van der Waals surface area contributed by atoms with E-state index in [-0.39, 0.29) is 5.91 Å². The van der Waals surface area contributed by atoms with Crippen molar-refractivity contribution < 1.29 is 4.79 Å². The van der Waals surface area contributed by atoms with Crippen LogP contribution in [0.25, 0.3) is 0 Å². The van der Waals surface area contributed by atoms with Crippen molar-refractivity contribution in [1.82, 2.24) is 10.6 Å². The molecule has 0 saturated heterocycles. The monoisotopic (exact) mass is 226 g/mol. The zero-order valence-electron chi connectivity index (χ0n) is 11.0. The minimum atomic E-state index is 0.145. The number of hydrogen-bond acceptors (Lipinski definition) is 2. The molecule has 1 rings (SSSR count). The van der Waals surface area contributed by atoms with E-state index in [1.807, 2.05) is 0 Å². The summed E-state index contributed by atoms with van der Waals surface area (Å²) < 4.78 is 0. The molecule has 0 heterocycles. The van der Waals surface area contributed by atoms with Crippen LogP contribution in [0, 0.1) is 11.8 Å². The Morgan fingerprint density at radius 2 is 2.06 bits per heavy atom. The molecule has 1 saturated carbocycles. The van der Waals surface area contributed by atoms with Gasteiger partial charge in [-0.25, -0.2) is 0 Å². The van der Waals surface area contributed by atoms with Gasteiger partial charge in [0.15, 0.2) is 0 Å². The number of rotatable bonds is 5. The van der Waals surface area contributed by atoms with Gasteiger partial charge < -0.3 is 10.6 Å².